The van der Waals surface area contributed by atoms with E-state index in [2.05, 4.69) is 31.5 Å². The van der Waals surface area contributed by atoms with Crippen molar-refractivity contribution in [1.29, 1.82) is 0 Å². The van der Waals surface area contributed by atoms with Crippen molar-refractivity contribution < 1.29 is 4.79 Å². The summed E-state index contributed by atoms with van der Waals surface area (Å²) < 4.78 is 1.14. The van der Waals surface area contributed by atoms with Crippen molar-refractivity contribution in [3.63, 3.8) is 0 Å². The molecule has 3 aliphatic heterocycles. The minimum Gasteiger partial charge on any atom is -0.361 e. The van der Waals surface area contributed by atoms with Crippen molar-refractivity contribution in [1.82, 2.24) is 20.5 Å². The van der Waals surface area contributed by atoms with Crippen molar-refractivity contribution in [3.05, 3.63) is 24.0 Å². The van der Waals surface area contributed by atoms with E-state index in [0.29, 0.717) is 5.69 Å². The first-order valence-electron chi connectivity index (χ1n) is 9.63. The first kappa shape index (κ1) is 16.5. The standard InChI is InChI=1S/C19H25N5OS/c25-19(22-15-7-13-1-4-23(11-13)12-15)16-9-17-14(10-21-16)8-18(26-17)24-5-2-20-3-6-24/h8-10,13,15,20H,1-7,11-12H2,(H,22,25). The number of anilines is 1. The van der Waals surface area contributed by atoms with Crippen LogP contribution < -0.4 is 15.5 Å². The van der Waals surface area contributed by atoms with Crippen LogP contribution in [0.2, 0.25) is 0 Å². The Kier molecular flexibility index (Phi) is 4.30. The van der Waals surface area contributed by atoms with Gasteiger partial charge in [0.05, 0.1) is 5.00 Å². The molecule has 3 unspecified atom stereocenters. The molecule has 2 bridgehead atoms. The lowest BCUT2D eigenvalue weighted by Gasteiger charge is -2.30. The van der Waals surface area contributed by atoms with Crippen LogP contribution in [0.1, 0.15) is 23.3 Å². The Labute approximate surface area is 157 Å². The summed E-state index contributed by atoms with van der Waals surface area (Å²) in [6, 6.07) is 4.42. The second-order valence-electron chi connectivity index (χ2n) is 7.75. The number of piperazine rings is 1. The minimum atomic E-state index is -0.0310. The Bertz CT molecular complexity index is 803. The topological polar surface area (TPSA) is 60.5 Å². The fourth-order valence-electron chi connectivity index (χ4n) is 4.51. The summed E-state index contributed by atoms with van der Waals surface area (Å²) in [5.41, 5.74) is 0.541. The fourth-order valence-corrected chi connectivity index (χ4v) is 5.63. The molecule has 5 heterocycles. The van der Waals surface area contributed by atoms with Gasteiger partial charge in [-0.05, 0) is 37.4 Å². The maximum absolute atomic E-state index is 12.7. The fraction of sp³-hybridized carbons (Fsp3) is 0.579. The van der Waals surface area contributed by atoms with E-state index in [9.17, 15) is 4.79 Å². The molecule has 0 saturated carbocycles. The zero-order valence-corrected chi connectivity index (χ0v) is 15.7. The van der Waals surface area contributed by atoms with Crippen molar-refractivity contribution in [2.75, 3.05) is 50.7 Å². The summed E-state index contributed by atoms with van der Waals surface area (Å²) in [5, 5.41) is 9.00. The summed E-state index contributed by atoms with van der Waals surface area (Å²) in [5.74, 6) is 0.722. The minimum absolute atomic E-state index is 0.0310. The van der Waals surface area contributed by atoms with Gasteiger partial charge in [0.15, 0.2) is 0 Å². The lowest BCUT2D eigenvalue weighted by atomic mass is 9.97. The quantitative estimate of drug-likeness (QED) is 0.857. The number of hydrogen-bond donors (Lipinski definition) is 2. The van der Waals surface area contributed by atoms with Gasteiger partial charge in [0.2, 0.25) is 0 Å². The number of nitrogens with zero attached hydrogens (tertiary/aromatic N) is 3. The summed E-state index contributed by atoms with van der Waals surface area (Å²) in [4.78, 5) is 22.0. The Morgan fingerprint density at radius 2 is 2.12 bits per heavy atom. The Hall–Kier alpha value is -1.70. The second kappa shape index (κ2) is 6.79. The number of piperidine rings is 1. The number of fused-ring (bicyclic) bond motifs is 3. The van der Waals surface area contributed by atoms with Crippen LogP contribution in [0, 0.1) is 5.92 Å². The number of amides is 1. The van der Waals surface area contributed by atoms with Gasteiger partial charge in [0.25, 0.3) is 5.91 Å². The SMILES string of the molecule is O=C(NC1CC2CCN(C2)C1)c1cc2sc(N3CCNCC3)cc2cn1. The van der Waals surface area contributed by atoms with Gasteiger partial charge in [0, 0.05) is 61.6 Å². The molecule has 0 aliphatic carbocycles. The molecule has 3 atom stereocenters. The molecule has 3 saturated heterocycles. The van der Waals surface area contributed by atoms with Crippen molar-refractivity contribution in [2.45, 2.75) is 18.9 Å². The van der Waals surface area contributed by atoms with Gasteiger partial charge in [-0.3, -0.25) is 9.78 Å². The summed E-state index contributed by atoms with van der Waals surface area (Å²) in [6.07, 6.45) is 4.23. The normalized spacial score (nSPS) is 28.5. The summed E-state index contributed by atoms with van der Waals surface area (Å²) >= 11 is 1.76. The number of aromatic nitrogens is 1. The first-order valence-corrected chi connectivity index (χ1v) is 10.4. The number of rotatable bonds is 3. The Morgan fingerprint density at radius 3 is 2.96 bits per heavy atom. The van der Waals surface area contributed by atoms with Gasteiger partial charge in [-0.25, -0.2) is 0 Å². The van der Waals surface area contributed by atoms with Crippen molar-refractivity contribution in [2.24, 2.45) is 5.92 Å². The molecule has 0 spiro atoms. The average Bonchev–Trinajstić information content (AvgIpc) is 3.24. The third-order valence-corrected chi connectivity index (χ3v) is 7.01. The van der Waals surface area contributed by atoms with E-state index in [4.69, 9.17) is 0 Å². The van der Waals surface area contributed by atoms with Crippen molar-refractivity contribution in [3.8, 4) is 0 Å². The molecule has 3 aliphatic rings. The number of thiophene rings is 1. The Morgan fingerprint density at radius 1 is 1.23 bits per heavy atom. The molecule has 7 heteroatoms. The monoisotopic (exact) mass is 371 g/mol. The molecule has 0 aromatic carbocycles. The third kappa shape index (κ3) is 3.19. The van der Waals surface area contributed by atoms with Gasteiger partial charge in [-0.15, -0.1) is 11.3 Å². The van der Waals surface area contributed by atoms with E-state index >= 15 is 0 Å². The molecule has 1 amide bonds. The van der Waals surface area contributed by atoms with E-state index in [1.165, 1.54) is 24.5 Å². The highest BCUT2D eigenvalue weighted by atomic mass is 32.1. The van der Waals surface area contributed by atoms with Gasteiger partial charge in [-0.1, -0.05) is 0 Å². The van der Waals surface area contributed by atoms with E-state index in [1.807, 2.05) is 12.3 Å². The number of hydrogen-bond acceptors (Lipinski definition) is 6. The number of nitrogens with one attached hydrogen (secondary N) is 2. The lowest BCUT2D eigenvalue weighted by Crippen LogP contribution is -2.47. The van der Waals surface area contributed by atoms with Crippen LogP contribution in [0.3, 0.4) is 0 Å². The molecular formula is C19H25N5OS. The Balaban J connectivity index is 1.31. The summed E-state index contributed by atoms with van der Waals surface area (Å²) in [7, 11) is 0. The van der Waals surface area contributed by atoms with Gasteiger partial charge in [-0.2, -0.15) is 0 Å². The zero-order chi connectivity index (χ0) is 17.5. The van der Waals surface area contributed by atoms with E-state index in [1.54, 1.807) is 11.3 Å². The van der Waals surface area contributed by atoms with Crippen molar-refractivity contribution >= 4 is 32.3 Å². The van der Waals surface area contributed by atoms with E-state index in [-0.39, 0.29) is 11.9 Å². The number of pyridine rings is 1. The molecule has 2 aromatic rings. The average molecular weight is 372 g/mol. The largest absolute Gasteiger partial charge is 0.361 e. The molecule has 6 nitrogen and oxygen atoms in total. The maximum Gasteiger partial charge on any atom is 0.270 e. The molecule has 3 fully saturated rings. The van der Waals surface area contributed by atoms with E-state index in [0.717, 1.165) is 55.1 Å². The van der Waals surface area contributed by atoms with Gasteiger partial charge < -0.3 is 20.4 Å². The first-order chi connectivity index (χ1) is 12.7. The zero-order valence-electron chi connectivity index (χ0n) is 14.9. The smallest absolute Gasteiger partial charge is 0.270 e. The predicted molar refractivity (Wildman–Crippen MR) is 105 cm³/mol. The second-order valence-corrected chi connectivity index (χ2v) is 8.81. The van der Waals surface area contributed by atoms with Crippen LogP contribution >= 0.6 is 11.3 Å². The molecule has 26 heavy (non-hydrogen) atoms. The third-order valence-electron chi connectivity index (χ3n) is 5.85. The van der Waals surface area contributed by atoms with Gasteiger partial charge in [0.1, 0.15) is 5.69 Å². The number of carbonyl (C=O) groups is 1. The molecule has 138 valence electrons. The van der Waals surface area contributed by atoms with Crippen LogP contribution in [-0.4, -0.2) is 67.6 Å². The van der Waals surface area contributed by atoms with Crippen LogP contribution in [-0.2, 0) is 0 Å². The predicted octanol–water partition coefficient (Wildman–Crippen LogP) is 1.53. The van der Waals surface area contributed by atoms with Crippen LogP contribution in [0.25, 0.3) is 10.1 Å². The highest BCUT2D eigenvalue weighted by Crippen LogP contribution is 2.33. The highest BCUT2D eigenvalue weighted by Gasteiger charge is 2.33. The van der Waals surface area contributed by atoms with E-state index < -0.39 is 0 Å². The molecule has 5 rings (SSSR count). The number of carbonyl (C=O) groups excluding carboxylic acids is 1. The highest BCUT2D eigenvalue weighted by molar-refractivity contribution is 7.22. The summed E-state index contributed by atoms with van der Waals surface area (Å²) in [6.45, 7) is 7.50. The maximum atomic E-state index is 12.7. The lowest BCUT2D eigenvalue weighted by molar-refractivity contribution is 0.0904. The molecule has 2 aromatic heterocycles. The van der Waals surface area contributed by atoms with Crippen LogP contribution in [0.4, 0.5) is 5.00 Å². The van der Waals surface area contributed by atoms with Gasteiger partial charge >= 0.3 is 0 Å². The molecule has 2 N–H and O–H groups in total. The molecule has 0 radical (unpaired) electrons. The van der Waals surface area contributed by atoms with Crippen LogP contribution in [0.5, 0.6) is 0 Å². The molecular weight excluding hydrogens is 346 g/mol. The van der Waals surface area contributed by atoms with Crippen LogP contribution in [0.15, 0.2) is 18.3 Å².